The maximum absolute atomic E-state index is 12.0. The van der Waals surface area contributed by atoms with Gasteiger partial charge in [0.2, 0.25) is 0 Å². The van der Waals surface area contributed by atoms with Crippen molar-refractivity contribution in [1.29, 1.82) is 0 Å². The highest BCUT2D eigenvalue weighted by atomic mass is 35.5. The molecule has 0 bridgehead atoms. The summed E-state index contributed by atoms with van der Waals surface area (Å²) in [6, 6.07) is 7.33. The maximum atomic E-state index is 12.0. The fraction of sp³-hybridized carbons (Fsp3) is 0.500. The van der Waals surface area contributed by atoms with Gasteiger partial charge in [0, 0.05) is 18.6 Å². The molecule has 0 aromatic heterocycles. The van der Waals surface area contributed by atoms with Gasteiger partial charge in [0.1, 0.15) is 0 Å². The number of carbonyl (C=O) groups is 1. The zero-order chi connectivity index (χ0) is 13.5. The van der Waals surface area contributed by atoms with Crippen LogP contribution in [0, 0.1) is 5.92 Å². The summed E-state index contributed by atoms with van der Waals surface area (Å²) in [5.41, 5.74) is 1.65. The van der Waals surface area contributed by atoms with Crippen molar-refractivity contribution in [3.63, 3.8) is 0 Å². The Morgan fingerprint density at radius 2 is 1.94 bits per heavy atom. The number of methoxy groups -OCH3 is 1. The van der Waals surface area contributed by atoms with Crippen molar-refractivity contribution in [2.24, 2.45) is 5.92 Å². The van der Waals surface area contributed by atoms with Gasteiger partial charge in [0.05, 0.1) is 12.6 Å². The normalized spacial score (nSPS) is 12.5. The van der Waals surface area contributed by atoms with Crippen molar-refractivity contribution in [2.75, 3.05) is 13.7 Å². The number of rotatable bonds is 6. The first-order valence-corrected chi connectivity index (χ1v) is 6.56. The average Bonchev–Trinajstić information content (AvgIpc) is 2.38. The third-order valence-electron chi connectivity index (χ3n) is 2.84. The van der Waals surface area contributed by atoms with Gasteiger partial charge in [0.25, 0.3) is 5.91 Å². The van der Waals surface area contributed by atoms with Crippen LogP contribution in [0.1, 0.15) is 29.8 Å². The lowest BCUT2D eigenvalue weighted by molar-refractivity contribution is 0.0866. The molecule has 100 valence electrons. The Morgan fingerprint density at radius 1 is 1.33 bits per heavy atom. The van der Waals surface area contributed by atoms with E-state index < -0.39 is 0 Å². The molecule has 0 aliphatic carbocycles. The van der Waals surface area contributed by atoms with Crippen LogP contribution in [0.2, 0.25) is 0 Å². The highest BCUT2D eigenvalue weighted by Gasteiger charge is 2.16. The molecule has 1 N–H and O–H groups in total. The Balaban J connectivity index is 2.67. The van der Waals surface area contributed by atoms with E-state index in [1.54, 1.807) is 19.2 Å². The molecule has 18 heavy (non-hydrogen) atoms. The van der Waals surface area contributed by atoms with Crippen molar-refractivity contribution in [2.45, 2.75) is 25.8 Å². The average molecular weight is 270 g/mol. The number of nitrogens with one attached hydrogen (secondary N) is 1. The summed E-state index contributed by atoms with van der Waals surface area (Å²) in [7, 11) is 1.64. The standard InChI is InChI=1S/C14H20ClNO2/c1-10(2)13(9-18-3)16-14(17)12-6-4-11(8-15)5-7-12/h4-7,10,13H,8-9H2,1-3H3,(H,16,17). The van der Waals surface area contributed by atoms with Crippen LogP contribution in [0.3, 0.4) is 0 Å². The second kappa shape index (κ2) is 7.39. The van der Waals surface area contributed by atoms with Gasteiger partial charge in [-0.05, 0) is 23.6 Å². The molecule has 0 saturated heterocycles. The van der Waals surface area contributed by atoms with E-state index in [1.165, 1.54) is 0 Å². The summed E-state index contributed by atoms with van der Waals surface area (Å²) >= 11 is 5.71. The molecule has 1 aromatic rings. The molecule has 0 saturated carbocycles. The predicted octanol–water partition coefficient (Wildman–Crippen LogP) is 2.83. The molecule has 1 rings (SSSR count). The zero-order valence-corrected chi connectivity index (χ0v) is 11.8. The van der Waals surface area contributed by atoms with Gasteiger partial charge in [0.15, 0.2) is 0 Å². The lowest BCUT2D eigenvalue weighted by atomic mass is 10.0. The van der Waals surface area contributed by atoms with Gasteiger partial charge in [-0.15, -0.1) is 11.6 Å². The lowest BCUT2D eigenvalue weighted by Crippen LogP contribution is -2.41. The number of halogens is 1. The van der Waals surface area contributed by atoms with Crippen LogP contribution >= 0.6 is 11.6 Å². The Kier molecular flexibility index (Phi) is 6.16. The minimum Gasteiger partial charge on any atom is -0.383 e. The fourth-order valence-corrected chi connectivity index (χ4v) is 1.76. The summed E-state index contributed by atoms with van der Waals surface area (Å²) in [6.45, 7) is 4.63. The predicted molar refractivity (Wildman–Crippen MR) is 74.0 cm³/mol. The molecule has 4 heteroatoms. The number of amides is 1. The van der Waals surface area contributed by atoms with Crippen LogP contribution in [-0.2, 0) is 10.6 Å². The number of ether oxygens (including phenoxy) is 1. The van der Waals surface area contributed by atoms with E-state index in [0.717, 1.165) is 5.56 Å². The van der Waals surface area contributed by atoms with E-state index >= 15 is 0 Å². The molecule has 0 radical (unpaired) electrons. The van der Waals surface area contributed by atoms with Crippen molar-refractivity contribution in [1.82, 2.24) is 5.32 Å². The van der Waals surface area contributed by atoms with Crippen LogP contribution in [0.4, 0.5) is 0 Å². The second-order valence-corrected chi connectivity index (χ2v) is 4.88. The Bertz CT molecular complexity index is 376. The summed E-state index contributed by atoms with van der Waals surface area (Å²) in [6.07, 6.45) is 0. The zero-order valence-electron chi connectivity index (χ0n) is 11.1. The minimum absolute atomic E-state index is 0.0233. The highest BCUT2D eigenvalue weighted by molar-refractivity contribution is 6.17. The lowest BCUT2D eigenvalue weighted by Gasteiger charge is -2.21. The molecule has 1 amide bonds. The van der Waals surface area contributed by atoms with Crippen LogP contribution in [0.5, 0.6) is 0 Å². The number of carbonyl (C=O) groups excluding carboxylic acids is 1. The van der Waals surface area contributed by atoms with Crippen LogP contribution in [0.25, 0.3) is 0 Å². The first-order valence-electron chi connectivity index (χ1n) is 6.03. The number of benzene rings is 1. The monoisotopic (exact) mass is 269 g/mol. The number of alkyl halides is 1. The van der Waals surface area contributed by atoms with E-state index in [1.807, 2.05) is 12.1 Å². The molecule has 0 aliphatic heterocycles. The quantitative estimate of drug-likeness (QED) is 0.807. The molecule has 0 fully saturated rings. The first-order chi connectivity index (χ1) is 8.58. The van der Waals surface area contributed by atoms with Crippen molar-refractivity contribution in [3.05, 3.63) is 35.4 Å². The summed E-state index contributed by atoms with van der Waals surface area (Å²) in [5, 5.41) is 2.97. The van der Waals surface area contributed by atoms with Crippen LogP contribution < -0.4 is 5.32 Å². The number of hydrogen-bond acceptors (Lipinski definition) is 2. The Hall–Kier alpha value is -1.06. The van der Waals surface area contributed by atoms with Gasteiger partial charge in [-0.25, -0.2) is 0 Å². The summed E-state index contributed by atoms with van der Waals surface area (Å²) < 4.78 is 5.11. The van der Waals surface area contributed by atoms with E-state index in [2.05, 4.69) is 19.2 Å². The van der Waals surface area contributed by atoms with Crippen molar-refractivity contribution < 1.29 is 9.53 Å². The molecule has 0 aliphatic rings. The maximum Gasteiger partial charge on any atom is 0.251 e. The topological polar surface area (TPSA) is 38.3 Å². The molecule has 0 spiro atoms. The third kappa shape index (κ3) is 4.31. The Labute approximate surface area is 113 Å². The summed E-state index contributed by atoms with van der Waals surface area (Å²) in [4.78, 5) is 12.0. The highest BCUT2D eigenvalue weighted by Crippen LogP contribution is 2.08. The number of hydrogen-bond donors (Lipinski definition) is 1. The molecule has 1 atom stereocenters. The SMILES string of the molecule is COCC(NC(=O)c1ccc(CCl)cc1)C(C)C. The van der Waals surface area contributed by atoms with E-state index in [-0.39, 0.29) is 11.9 Å². The van der Waals surface area contributed by atoms with Crippen LogP contribution in [0.15, 0.2) is 24.3 Å². The summed E-state index contributed by atoms with van der Waals surface area (Å²) in [5.74, 6) is 0.711. The second-order valence-electron chi connectivity index (χ2n) is 4.61. The van der Waals surface area contributed by atoms with Gasteiger partial charge >= 0.3 is 0 Å². The third-order valence-corrected chi connectivity index (χ3v) is 3.15. The van der Waals surface area contributed by atoms with E-state index in [0.29, 0.717) is 24.0 Å². The molecule has 1 unspecified atom stereocenters. The van der Waals surface area contributed by atoms with Gasteiger partial charge in [-0.2, -0.15) is 0 Å². The van der Waals surface area contributed by atoms with Crippen molar-refractivity contribution in [3.8, 4) is 0 Å². The Morgan fingerprint density at radius 3 is 2.39 bits per heavy atom. The molecule has 3 nitrogen and oxygen atoms in total. The van der Waals surface area contributed by atoms with E-state index in [4.69, 9.17) is 16.3 Å². The molecular formula is C14H20ClNO2. The minimum atomic E-state index is -0.0770. The van der Waals surface area contributed by atoms with Gasteiger partial charge < -0.3 is 10.1 Å². The van der Waals surface area contributed by atoms with Crippen LogP contribution in [-0.4, -0.2) is 25.7 Å². The molecule has 0 heterocycles. The smallest absolute Gasteiger partial charge is 0.251 e. The first kappa shape index (κ1) is 15.0. The molecule has 1 aromatic carbocycles. The van der Waals surface area contributed by atoms with Crippen molar-refractivity contribution >= 4 is 17.5 Å². The van der Waals surface area contributed by atoms with E-state index in [9.17, 15) is 4.79 Å². The van der Waals surface area contributed by atoms with Gasteiger partial charge in [-0.1, -0.05) is 26.0 Å². The fourth-order valence-electron chi connectivity index (χ4n) is 1.58. The van der Waals surface area contributed by atoms with Gasteiger partial charge in [-0.3, -0.25) is 4.79 Å². The largest absolute Gasteiger partial charge is 0.383 e. The molecular weight excluding hydrogens is 250 g/mol.